The number of benzene rings is 2. The number of hydrogen-bond acceptors (Lipinski definition) is 4. The first-order chi connectivity index (χ1) is 16.9. The first-order valence-corrected chi connectivity index (χ1v) is 12.6. The largest absolute Gasteiger partial charge is 0.481 e. The Labute approximate surface area is 217 Å². The van der Waals surface area contributed by atoms with Crippen molar-refractivity contribution in [3.63, 3.8) is 0 Å². The lowest BCUT2D eigenvalue weighted by Crippen LogP contribution is -2.60. The summed E-state index contributed by atoms with van der Waals surface area (Å²) in [5, 5.41) is 24.6. The molecule has 1 aliphatic rings. The molecule has 0 saturated carbocycles. The van der Waals surface area contributed by atoms with Crippen molar-refractivity contribution in [3.8, 4) is 0 Å². The number of nitrogens with zero attached hydrogens (tertiary/aromatic N) is 1. The van der Waals surface area contributed by atoms with Gasteiger partial charge in [-0.05, 0) is 35.6 Å². The fraction of sp³-hybridized carbons (Fsp3) is 0.464. The summed E-state index contributed by atoms with van der Waals surface area (Å²) < 4.78 is 0. The van der Waals surface area contributed by atoms with Crippen LogP contribution in [0, 0.1) is 11.3 Å². The lowest BCUT2D eigenvalue weighted by molar-refractivity contribution is -0.156. The van der Waals surface area contributed by atoms with Gasteiger partial charge >= 0.3 is 5.97 Å². The van der Waals surface area contributed by atoms with Gasteiger partial charge in [-0.3, -0.25) is 14.4 Å². The summed E-state index contributed by atoms with van der Waals surface area (Å²) in [7, 11) is 0. The number of carboxylic acid groups (broad SMARTS) is 1. The van der Waals surface area contributed by atoms with E-state index >= 15 is 0 Å². The number of amides is 2. The molecule has 0 aromatic heterocycles. The summed E-state index contributed by atoms with van der Waals surface area (Å²) in [6.45, 7) is 8.14. The second kappa shape index (κ2) is 11.0. The molecule has 1 aliphatic heterocycles. The summed E-state index contributed by atoms with van der Waals surface area (Å²) >= 11 is 6.02. The maximum atomic E-state index is 13.5. The average molecular weight is 515 g/mol. The summed E-state index contributed by atoms with van der Waals surface area (Å²) in [6.07, 6.45) is 0.0683. The Morgan fingerprint density at radius 2 is 1.67 bits per heavy atom. The Morgan fingerprint density at radius 3 is 2.19 bits per heavy atom. The SMILES string of the molecule is CC(C)[C@@H](NC(=O)CC(C(=O)O)c1ccccc1)C(=O)N1CC[C@](O)(c2ccc(Cl)cc2)C(C)(C)C1. The standard InChI is InChI=1S/C28H35ClN2O5/c1-18(2)24(30-23(32)16-22(26(34)35)19-8-6-5-7-9-19)25(33)31-15-14-28(36,27(3,4)17-31)20-10-12-21(29)13-11-20/h5-13,18,22,24,36H,14-17H2,1-4H3,(H,30,32)(H,34,35)/t22?,24-,28+/m1/s1. The van der Waals surface area contributed by atoms with Crippen LogP contribution in [-0.4, -0.2) is 52.0 Å². The van der Waals surface area contributed by atoms with Crippen molar-refractivity contribution in [3.05, 3.63) is 70.7 Å². The number of carbonyl (C=O) groups is 3. The number of piperidine rings is 1. The first kappa shape index (κ1) is 27.7. The molecule has 0 radical (unpaired) electrons. The fourth-order valence-corrected chi connectivity index (χ4v) is 5.06. The van der Waals surface area contributed by atoms with Gasteiger partial charge in [-0.2, -0.15) is 0 Å². The number of nitrogens with one attached hydrogen (secondary N) is 1. The minimum Gasteiger partial charge on any atom is -0.481 e. The molecule has 36 heavy (non-hydrogen) atoms. The van der Waals surface area contributed by atoms with Crippen LogP contribution in [0.3, 0.4) is 0 Å². The molecule has 194 valence electrons. The van der Waals surface area contributed by atoms with E-state index in [9.17, 15) is 24.6 Å². The number of carbonyl (C=O) groups excluding carboxylic acids is 2. The molecular formula is C28H35ClN2O5. The molecule has 2 amide bonds. The van der Waals surface area contributed by atoms with Crippen molar-refractivity contribution in [2.45, 2.75) is 58.1 Å². The topological polar surface area (TPSA) is 107 Å². The van der Waals surface area contributed by atoms with E-state index < -0.39 is 34.9 Å². The molecule has 1 unspecified atom stereocenters. The Morgan fingerprint density at radius 1 is 1.06 bits per heavy atom. The highest BCUT2D eigenvalue weighted by Crippen LogP contribution is 2.46. The van der Waals surface area contributed by atoms with Crippen molar-refractivity contribution < 1.29 is 24.6 Å². The summed E-state index contributed by atoms with van der Waals surface area (Å²) in [6, 6.07) is 14.9. The van der Waals surface area contributed by atoms with Crippen LogP contribution in [0.15, 0.2) is 54.6 Å². The van der Waals surface area contributed by atoms with Gasteiger partial charge in [0.25, 0.3) is 0 Å². The Hall–Kier alpha value is -2.90. The van der Waals surface area contributed by atoms with Gasteiger partial charge in [0, 0.05) is 29.9 Å². The molecule has 2 aromatic rings. The quantitative estimate of drug-likeness (QED) is 0.490. The number of halogens is 1. The Bertz CT molecular complexity index is 1090. The van der Waals surface area contributed by atoms with Crippen LogP contribution in [0.2, 0.25) is 5.02 Å². The molecule has 3 N–H and O–H groups in total. The zero-order valence-corrected chi connectivity index (χ0v) is 22.0. The van der Waals surface area contributed by atoms with Gasteiger partial charge in [-0.25, -0.2) is 0 Å². The van der Waals surface area contributed by atoms with Crippen molar-refractivity contribution in [2.75, 3.05) is 13.1 Å². The van der Waals surface area contributed by atoms with E-state index in [4.69, 9.17) is 11.6 Å². The van der Waals surface area contributed by atoms with Crippen LogP contribution in [-0.2, 0) is 20.0 Å². The number of hydrogen-bond donors (Lipinski definition) is 3. The van der Waals surface area contributed by atoms with E-state index in [1.165, 1.54) is 0 Å². The number of aliphatic hydroxyl groups is 1. The molecule has 7 nitrogen and oxygen atoms in total. The van der Waals surface area contributed by atoms with Gasteiger partial charge in [0.05, 0.1) is 11.5 Å². The van der Waals surface area contributed by atoms with Crippen molar-refractivity contribution in [1.29, 1.82) is 0 Å². The van der Waals surface area contributed by atoms with E-state index in [1.807, 2.05) is 39.8 Å². The third-order valence-electron chi connectivity index (χ3n) is 7.22. The summed E-state index contributed by atoms with van der Waals surface area (Å²) in [5.41, 5.74) is -0.526. The molecule has 1 heterocycles. The van der Waals surface area contributed by atoms with E-state index in [1.54, 1.807) is 47.4 Å². The van der Waals surface area contributed by atoms with Gasteiger partial charge in [0.1, 0.15) is 6.04 Å². The van der Waals surface area contributed by atoms with Gasteiger partial charge in [-0.15, -0.1) is 0 Å². The van der Waals surface area contributed by atoms with Crippen molar-refractivity contribution in [1.82, 2.24) is 10.2 Å². The highest BCUT2D eigenvalue weighted by molar-refractivity contribution is 6.30. The number of likely N-dealkylation sites (tertiary alicyclic amines) is 1. The third kappa shape index (κ3) is 5.90. The fourth-order valence-electron chi connectivity index (χ4n) is 4.93. The normalized spacial score (nSPS) is 21.0. The Balaban J connectivity index is 1.72. The lowest BCUT2D eigenvalue weighted by atomic mass is 9.66. The molecule has 8 heteroatoms. The van der Waals surface area contributed by atoms with Gasteiger partial charge < -0.3 is 20.4 Å². The van der Waals surface area contributed by atoms with Gasteiger partial charge in [0.2, 0.25) is 11.8 Å². The van der Waals surface area contributed by atoms with Crippen LogP contribution in [0.1, 0.15) is 57.6 Å². The van der Waals surface area contributed by atoms with Gasteiger partial charge in [-0.1, -0.05) is 81.8 Å². The summed E-state index contributed by atoms with van der Waals surface area (Å²) in [4.78, 5) is 39.9. The van der Waals surface area contributed by atoms with Crippen LogP contribution >= 0.6 is 11.6 Å². The molecule has 1 fully saturated rings. The Kier molecular flexibility index (Phi) is 8.47. The molecule has 0 bridgehead atoms. The van der Waals surface area contributed by atoms with E-state index in [0.29, 0.717) is 30.1 Å². The molecule has 3 rings (SSSR count). The average Bonchev–Trinajstić information content (AvgIpc) is 2.82. The van der Waals surface area contributed by atoms with Crippen LogP contribution in [0.25, 0.3) is 0 Å². The highest BCUT2D eigenvalue weighted by atomic mass is 35.5. The summed E-state index contributed by atoms with van der Waals surface area (Å²) in [5.74, 6) is -3.04. The third-order valence-corrected chi connectivity index (χ3v) is 7.47. The van der Waals surface area contributed by atoms with E-state index in [-0.39, 0.29) is 18.2 Å². The maximum absolute atomic E-state index is 13.5. The predicted molar refractivity (Wildman–Crippen MR) is 139 cm³/mol. The molecule has 3 atom stereocenters. The minimum atomic E-state index is -1.14. The number of aliphatic carboxylic acids is 1. The second-order valence-electron chi connectivity index (χ2n) is 10.6. The second-order valence-corrected chi connectivity index (χ2v) is 11.0. The van der Waals surface area contributed by atoms with Crippen molar-refractivity contribution >= 4 is 29.4 Å². The van der Waals surface area contributed by atoms with Gasteiger partial charge in [0.15, 0.2) is 0 Å². The minimum absolute atomic E-state index is 0.207. The molecule has 0 aliphatic carbocycles. The van der Waals surface area contributed by atoms with Crippen LogP contribution in [0.4, 0.5) is 0 Å². The smallest absolute Gasteiger partial charge is 0.311 e. The monoisotopic (exact) mass is 514 g/mol. The van der Waals surface area contributed by atoms with Crippen molar-refractivity contribution in [2.24, 2.45) is 11.3 Å². The van der Waals surface area contributed by atoms with Crippen LogP contribution in [0.5, 0.6) is 0 Å². The highest BCUT2D eigenvalue weighted by Gasteiger charge is 2.50. The zero-order chi connectivity index (χ0) is 26.7. The molecular weight excluding hydrogens is 480 g/mol. The molecule has 0 spiro atoms. The van der Waals surface area contributed by atoms with Crippen LogP contribution < -0.4 is 5.32 Å². The maximum Gasteiger partial charge on any atom is 0.311 e. The molecule has 1 saturated heterocycles. The predicted octanol–water partition coefficient (Wildman–Crippen LogP) is 4.19. The van der Waals surface area contributed by atoms with E-state index in [2.05, 4.69) is 5.32 Å². The molecule has 2 aromatic carbocycles. The van der Waals surface area contributed by atoms with E-state index in [0.717, 1.165) is 5.56 Å². The first-order valence-electron chi connectivity index (χ1n) is 12.2. The lowest BCUT2D eigenvalue weighted by Gasteiger charge is -2.51. The number of rotatable bonds is 8. The zero-order valence-electron chi connectivity index (χ0n) is 21.2. The number of carboxylic acids is 1.